The maximum absolute atomic E-state index is 10.8. The number of hydrogen-bond acceptors (Lipinski definition) is 8. The van der Waals surface area contributed by atoms with Gasteiger partial charge in [-0.25, -0.2) is 0 Å². The molecule has 0 fully saturated rings. The molecule has 1 aromatic heterocycles. The highest BCUT2D eigenvalue weighted by molar-refractivity contribution is 5.74. The van der Waals surface area contributed by atoms with Gasteiger partial charge in [-0.05, 0) is 17.7 Å². The van der Waals surface area contributed by atoms with Gasteiger partial charge in [-0.15, -0.1) is 10.2 Å². The summed E-state index contributed by atoms with van der Waals surface area (Å²) in [6.07, 6.45) is 1.64. The molecule has 3 N–H and O–H groups in total. The average molecular weight is 344 g/mol. The van der Waals surface area contributed by atoms with Crippen LogP contribution in [0.15, 0.2) is 18.3 Å². The Balaban J connectivity index is 2.32. The number of aromatic amines is 1. The predicted octanol–water partition coefficient (Wildman–Crippen LogP) is 1.21. The zero-order valence-corrected chi connectivity index (χ0v) is 13.6. The first-order chi connectivity index (χ1) is 12.1. The number of rotatable bonds is 8. The molecule has 0 aliphatic rings. The molecule has 0 atom stereocenters. The van der Waals surface area contributed by atoms with E-state index in [0.717, 1.165) is 0 Å². The number of aromatic nitrogens is 4. The smallest absolute Gasteiger partial charge is 0.303 e. The summed E-state index contributed by atoms with van der Waals surface area (Å²) in [5, 5.41) is 34.2. The summed E-state index contributed by atoms with van der Waals surface area (Å²) < 4.78 is 10.6. The summed E-state index contributed by atoms with van der Waals surface area (Å²) in [6.45, 7) is 0. The van der Waals surface area contributed by atoms with Crippen LogP contribution in [0.2, 0.25) is 0 Å². The zero-order valence-electron chi connectivity index (χ0n) is 13.6. The van der Waals surface area contributed by atoms with E-state index in [1.165, 1.54) is 20.4 Å². The van der Waals surface area contributed by atoms with Gasteiger partial charge >= 0.3 is 5.97 Å². The van der Waals surface area contributed by atoms with Crippen molar-refractivity contribution in [3.05, 3.63) is 29.7 Å². The summed E-state index contributed by atoms with van der Waals surface area (Å²) in [5.41, 5.74) is 1.43. The van der Waals surface area contributed by atoms with Crippen molar-refractivity contribution in [2.45, 2.75) is 12.8 Å². The fourth-order valence-electron chi connectivity index (χ4n) is 2.13. The number of nitrogens with one attached hydrogen (secondary N) is 2. The second kappa shape index (κ2) is 8.30. The van der Waals surface area contributed by atoms with Crippen LogP contribution in [-0.2, 0) is 11.2 Å². The Kier molecular flexibility index (Phi) is 5.89. The first-order valence-electron chi connectivity index (χ1n) is 7.16. The molecule has 1 heterocycles. The maximum atomic E-state index is 10.8. The van der Waals surface area contributed by atoms with Crippen LogP contribution >= 0.6 is 0 Å². The monoisotopic (exact) mass is 344 g/mol. The lowest BCUT2D eigenvalue weighted by Crippen LogP contribution is -2.02. The Bertz CT molecular complexity index is 810. The number of ether oxygens (including phenoxy) is 2. The van der Waals surface area contributed by atoms with E-state index in [2.05, 4.69) is 25.9 Å². The molecule has 0 saturated heterocycles. The lowest BCUT2D eigenvalue weighted by molar-refractivity contribution is -0.136. The number of aryl methyl sites for hydroxylation is 1. The third kappa shape index (κ3) is 4.44. The lowest BCUT2D eigenvalue weighted by atomic mass is 10.1. The number of hydrogen-bond donors (Lipinski definition) is 3. The molecule has 2 aromatic rings. The Morgan fingerprint density at radius 2 is 2.24 bits per heavy atom. The Hall–Kier alpha value is -3.61. The van der Waals surface area contributed by atoms with Crippen molar-refractivity contribution in [2.24, 2.45) is 0 Å². The van der Waals surface area contributed by atoms with Crippen molar-refractivity contribution in [3.8, 4) is 17.6 Å². The van der Waals surface area contributed by atoms with Crippen molar-refractivity contribution >= 4 is 17.2 Å². The number of carboxylic acid groups (broad SMARTS) is 1. The van der Waals surface area contributed by atoms with Crippen LogP contribution < -0.4 is 14.8 Å². The third-order valence-electron chi connectivity index (χ3n) is 3.25. The van der Waals surface area contributed by atoms with Gasteiger partial charge < -0.3 is 19.9 Å². The highest BCUT2D eigenvalue weighted by Gasteiger charge is 2.14. The van der Waals surface area contributed by atoms with Crippen LogP contribution in [0.4, 0.5) is 5.69 Å². The number of allylic oxidation sites excluding steroid dienone is 1. The molecular formula is C15H16N6O4. The van der Waals surface area contributed by atoms with Crippen LogP contribution in [0.5, 0.6) is 11.5 Å². The Morgan fingerprint density at radius 3 is 2.80 bits per heavy atom. The minimum Gasteiger partial charge on any atom is -0.493 e. The molecule has 10 nitrogen and oxygen atoms in total. The molecule has 0 bridgehead atoms. The van der Waals surface area contributed by atoms with Gasteiger partial charge in [-0.1, -0.05) is 0 Å². The van der Waals surface area contributed by atoms with Gasteiger partial charge in [-0.3, -0.25) is 4.79 Å². The lowest BCUT2D eigenvalue weighted by Gasteiger charge is -2.15. The first-order valence-corrected chi connectivity index (χ1v) is 7.16. The predicted molar refractivity (Wildman–Crippen MR) is 86.9 cm³/mol. The molecular weight excluding hydrogens is 328 g/mol. The van der Waals surface area contributed by atoms with Crippen LogP contribution in [-0.4, -0.2) is 45.9 Å². The molecule has 0 spiro atoms. The van der Waals surface area contributed by atoms with Crippen LogP contribution in [0.25, 0.3) is 5.57 Å². The second-order valence-electron chi connectivity index (χ2n) is 4.81. The van der Waals surface area contributed by atoms with Gasteiger partial charge in [0.15, 0.2) is 11.5 Å². The molecule has 0 saturated carbocycles. The largest absolute Gasteiger partial charge is 0.493 e. The Labute approximate surface area is 143 Å². The Morgan fingerprint density at radius 1 is 1.44 bits per heavy atom. The maximum Gasteiger partial charge on any atom is 0.303 e. The van der Waals surface area contributed by atoms with Gasteiger partial charge in [0.2, 0.25) is 5.82 Å². The number of aliphatic carboxylic acids is 1. The molecule has 0 radical (unpaired) electrons. The molecule has 0 amide bonds. The summed E-state index contributed by atoms with van der Waals surface area (Å²) in [6, 6.07) is 5.36. The van der Waals surface area contributed by atoms with E-state index >= 15 is 0 Å². The van der Waals surface area contributed by atoms with E-state index in [4.69, 9.17) is 19.8 Å². The number of H-pyrrole nitrogens is 1. The molecule has 0 aliphatic carbocycles. The number of anilines is 1. The summed E-state index contributed by atoms with van der Waals surface area (Å²) in [4.78, 5) is 10.8. The van der Waals surface area contributed by atoms with Crippen molar-refractivity contribution in [2.75, 3.05) is 19.5 Å². The van der Waals surface area contributed by atoms with Crippen molar-refractivity contribution < 1.29 is 19.4 Å². The number of nitriles is 1. The fraction of sp³-hybridized carbons (Fsp3) is 0.267. The quantitative estimate of drug-likeness (QED) is 0.601. The third-order valence-corrected chi connectivity index (χ3v) is 3.25. The average Bonchev–Trinajstić information content (AvgIpc) is 3.14. The van der Waals surface area contributed by atoms with Gasteiger partial charge in [0, 0.05) is 29.9 Å². The summed E-state index contributed by atoms with van der Waals surface area (Å²) >= 11 is 0. The van der Waals surface area contributed by atoms with Gasteiger partial charge in [0.05, 0.1) is 14.2 Å². The van der Waals surface area contributed by atoms with Gasteiger partial charge in [0.1, 0.15) is 11.6 Å². The first kappa shape index (κ1) is 17.7. The fourth-order valence-corrected chi connectivity index (χ4v) is 2.13. The highest BCUT2D eigenvalue weighted by Crippen LogP contribution is 2.35. The van der Waals surface area contributed by atoms with E-state index in [1.54, 1.807) is 12.1 Å². The van der Waals surface area contributed by atoms with Crippen LogP contribution in [0.3, 0.4) is 0 Å². The minimum atomic E-state index is -0.914. The van der Waals surface area contributed by atoms with E-state index < -0.39 is 5.97 Å². The molecule has 1 aromatic carbocycles. The molecule has 130 valence electrons. The van der Waals surface area contributed by atoms with Gasteiger partial charge in [-0.2, -0.15) is 10.5 Å². The van der Waals surface area contributed by atoms with Crippen molar-refractivity contribution in [1.82, 2.24) is 20.6 Å². The van der Waals surface area contributed by atoms with Gasteiger partial charge in [0.25, 0.3) is 0 Å². The van der Waals surface area contributed by atoms with Crippen molar-refractivity contribution in [3.63, 3.8) is 0 Å². The number of benzene rings is 1. The van der Waals surface area contributed by atoms with E-state index in [-0.39, 0.29) is 24.2 Å². The SMILES string of the molecule is COc1cc(NC=C(C#N)c2nn[nH]n2)cc(CCC(=O)O)c1OC. The normalized spacial score (nSPS) is 10.8. The van der Waals surface area contributed by atoms with E-state index in [9.17, 15) is 4.79 Å². The summed E-state index contributed by atoms with van der Waals surface area (Å²) in [5.74, 6) is 0.154. The van der Waals surface area contributed by atoms with Crippen molar-refractivity contribution in [1.29, 1.82) is 5.26 Å². The minimum absolute atomic E-state index is 0.0505. The van der Waals surface area contributed by atoms with E-state index in [0.29, 0.717) is 22.7 Å². The number of carboxylic acids is 1. The number of tetrazole rings is 1. The molecule has 25 heavy (non-hydrogen) atoms. The molecule has 2 rings (SSSR count). The van der Waals surface area contributed by atoms with E-state index in [1.807, 2.05) is 6.07 Å². The zero-order chi connectivity index (χ0) is 18.2. The summed E-state index contributed by atoms with van der Waals surface area (Å²) in [7, 11) is 2.97. The molecule has 0 unspecified atom stereocenters. The number of methoxy groups -OCH3 is 2. The van der Waals surface area contributed by atoms with Crippen LogP contribution in [0.1, 0.15) is 17.8 Å². The number of carbonyl (C=O) groups is 1. The molecule has 0 aliphatic heterocycles. The topological polar surface area (TPSA) is 146 Å². The molecule has 10 heteroatoms. The second-order valence-corrected chi connectivity index (χ2v) is 4.81. The standard InChI is InChI=1S/C15H16N6O4/c1-24-12-6-11(5-9(14(12)25-2)3-4-13(22)23)17-8-10(7-16)15-18-20-21-19-15/h5-6,8,17H,3-4H2,1-2H3,(H,22,23)(H,18,19,20,21). The highest BCUT2D eigenvalue weighted by atomic mass is 16.5. The number of nitrogens with zero attached hydrogens (tertiary/aromatic N) is 4. The van der Waals surface area contributed by atoms with Crippen LogP contribution in [0, 0.1) is 11.3 Å².